The molecule has 2 aromatic carbocycles. The fraction of sp³-hybridized carbons (Fsp3) is 0.400. The second kappa shape index (κ2) is 9.00. The Morgan fingerprint density at radius 3 is 2.50 bits per heavy atom. The monoisotopic (exact) mass is 407 g/mol. The molecule has 0 bridgehead atoms. The number of nitrogens with one attached hydrogen (secondary N) is 1. The van der Waals surface area contributed by atoms with Gasteiger partial charge in [0.1, 0.15) is 5.82 Å². The van der Waals surface area contributed by atoms with Gasteiger partial charge >= 0.3 is 0 Å². The Labute approximate surface area is 177 Å². The number of amides is 1. The van der Waals surface area contributed by atoms with Crippen molar-refractivity contribution in [2.45, 2.75) is 32.6 Å². The number of aromatic amines is 1. The van der Waals surface area contributed by atoms with E-state index in [-0.39, 0.29) is 24.1 Å². The number of carbonyl (C=O) groups excluding carboxylic acids is 1. The summed E-state index contributed by atoms with van der Waals surface area (Å²) in [6.07, 6.45) is 3.15. The Bertz CT molecular complexity index is 1020. The standard InChI is InChI=1S/C25H30FN3O/c1-3-18-8-7-10-20-22(17-27-25(18)20)21(19-9-5-6-11-23(19)26)16-24(30)29-14-12-28(4-2)13-15-29/h5-11,17,21,27H,3-4,12-16H2,1-2H3/t21-/m1/s1. The number of carbonyl (C=O) groups is 1. The summed E-state index contributed by atoms with van der Waals surface area (Å²) in [5.74, 6) is -0.476. The molecule has 1 amide bonds. The minimum absolute atomic E-state index is 0.0972. The van der Waals surface area contributed by atoms with Crippen LogP contribution in [-0.4, -0.2) is 53.4 Å². The molecule has 0 spiro atoms. The summed E-state index contributed by atoms with van der Waals surface area (Å²) < 4.78 is 14.8. The second-order valence-corrected chi connectivity index (χ2v) is 8.03. The summed E-state index contributed by atoms with van der Waals surface area (Å²) >= 11 is 0. The largest absolute Gasteiger partial charge is 0.361 e. The lowest BCUT2D eigenvalue weighted by Crippen LogP contribution is -2.48. The zero-order chi connectivity index (χ0) is 21.1. The van der Waals surface area contributed by atoms with Gasteiger partial charge in [-0.05, 0) is 35.7 Å². The highest BCUT2D eigenvalue weighted by Crippen LogP contribution is 2.36. The van der Waals surface area contributed by atoms with Crippen molar-refractivity contribution in [3.8, 4) is 0 Å². The van der Waals surface area contributed by atoms with E-state index in [0.29, 0.717) is 5.56 Å². The molecule has 1 N–H and O–H groups in total. The highest BCUT2D eigenvalue weighted by molar-refractivity contribution is 5.88. The van der Waals surface area contributed by atoms with Crippen LogP contribution >= 0.6 is 0 Å². The third-order valence-electron chi connectivity index (χ3n) is 6.42. The molecule has 1 aromatic heterocycles. The minimum Gasteiger partial charge on any atom is -0.361 e. The molecule has 4 nitrogen and oxygen atoms in total. The van der Waals surface area contributed by atoms with E-state index in [1.54, 1.807) is 6.07 Å². The molecule has 5 heteroatoms. The molecule has 0 unspecified atom stereocenters. The predicted octanol–water partition coefficient (Wildman–Crippen LogP) is 4.56. The van der Waals surface area contributed by atoms with Gasteiger partial charge in [-0.25, -0.2) is 4.39 Å². The summed E-state index contributed by atoms with van der Waals surface area (Å²) in [4.78, 5) is 20.9. The number of benzene rings is 2. The fourth-order valence-corrected chi connectivity index (χ4v) is 4.58. The van der Waals surface area contributed by atoms with Gasteiger partial charge in [0.2, 0.25) is 5.91 Å². The smallest absolute Gasteiger partial charge is 0.223 e. The topological polar surface area (TPSA) is 39.3 Å². The van der Waals surface area contributed by atoms with Gasteiger partial charge in [-0.15, -0.1) is 0 Å². The molecule has 1 aliphatic heterocycles. The highest BCUT2D eigenvalue weighted by Gasteiger charge is 2.28. The zero-order valence-electron chi connectivity index (χ0n) is 17.8. The van der Waals surface area contributed by atoms with Crippen LogP contribution in [0.2, 0.25) is 0 Å². The molecule has 158 valence electrons. The van der Waals surface area contributed by atoms with Crippen molar-refractivity contribution in [2.24, 2.45) is 0 Å². The van der Waals surface area contributed by atoms with Crippen molar-refractivity contribution in [2.75, 3.05) is 32.7 Å². The van der Waals surface area contributed by atoms with E-state index in [4.69, 9.17) is 0 Å². The normalized spacial score (nSPS) is 16.2. The average molecular weight is 408 g/mol. The lowest BCUT2D eigenvalue weighted by molar-refractivity contribution is -0.133. The van der Waals surface area contributed by atoms with Gasteiger partial charge in [0.25, 0.3) is 0 Å². The molecule has 2 heterocycles. The fourth-order valence-electron chi connectivity index (χ4n) is 4.58. The summed E-state index contributed by atoms with van der Waals surface area (Å²) in [6.45, 7) is 8.57. The lowest BCUT2D eigenvalue weighted by atomic mass is 9.87. The number of fused-ring (bicyclic) bond motifs is 1. The van der Waals surface area contributed by atoms with Crippen molar-refractivity contribution in [3.05, 3.63) is 71.2 Å². The van der Waals surface area contributed by atoms with Crippen LogP contribution in [0.1, 0.15) is 42.9 Å². The van der Waals surface area contributed by atoms with E-state index in [2.05, 4.69) is 35.9 Å². The predicted molar refractivity (Wildman–Crippen MR) is 119 cm³/mol. The van der Waals surface area contributed by atoms with E-state index >= 15 is 0 Å². The molecule has 0 saturated carbocycles. The van der Waals surface area contributed by atoms with Crippen molar-refractivity contribution >= 4 is 16.8 Å². The number of para-hydroxylation sites is 1. The molecule has 1 aliphatic rings. The van der Waals surface area contributed by atoms with Crippen LogP contribution in [0.5, 0.6) is 0 Å². The number of nitrogens with zero attached hydrogens (tertiary/aromatic N) is 2. The Balaban J connectivity index is 1.68. The molecular formula is C25H30FN3O. The van der Waals surface area contributed by atoms with Crippen LogP contribution in [-0.2, 0) is 11.2 Å². The number of rotatable bonds is 6. The van der Waals surface area contributed by atoms with Gasteiger partial charge in [-0.1, -0.05) is 50.2 Å². The minimum atomic E-state index is -0.316. The van der Waals surface area contributed by atoms with Crippen molar-refractivity contribution in [1.29, 1.82) is 0 Å². The van der Waals surface area contributed by atoms with Gasteiger partial charge < -0.3 is 14.8 Å². The van der Waals surface area contributed by atoms with E-state index in [1.165, 1.54) is 11.6 Å². The van der Waals surface area contributed by atoms with Crippen LogP contribution in [0.15, 0.2) is 48.7 Å². The molecular weight excluding hydrogens is 377 g/mol. The number of hydrogen-bond donors (Lipinski definition) is 1. The number of aryl methyl sites for hydroxylation is 1. The Morgan fingerprint density at radius 2 is 1.80 bits per heavy atom. The molecule has 30 heavy (non-hydrogen) atoms. The van der Waals surface area contributed by atoms with Crippen molar-refractivity contribution < 1.29 is 9.18 Å². The van der Waals surface area contributed by atoms with Gasteiger partial charge in [-0.2, -0.15) is 0 Å². The van der Waals surface area contributed by atoms with E-state index in [0.717, 1.165) is 55.6 Å². The third-order valence-corrected chi connectivity index (χ3v) is 6.42. The number of hydrogen-bond acceptors (Lipinski definition) is 2. The van der Waals surface area contributed by atoms with E-state index in [9.17, 15) is 9.18 Å². The Morgan fingerprint density at radius 1 is 1.03 bits per heavy atom. The summed E-state index contributed by atoms with van der Waals surface area (Å²) in [6, 6.07) is 13.1. The van der Waals surface area contributed by atoms with Crippen LogP contribution in [0.4, 0.5) is 4.39 Å². The maximum atomic E-state index is 14.8. The van der Waals surface area contributed by atoms with Crippen molar-refractivity contribution in [1.82, 2.24) is 14.8 Å². The summed E-state index contributed by atoms with van der Waals surface area (Å²) in [5, 5.41) is 1.08. The van der Waals surface area contributed by atoms with Gasteiger partial charge in [0.05, 0.1) is 0 Å². The van der Waals surface area contributed by atoms with Crippen LogP contribution in [0.3, 0.4) is 0 Å². The molecule has 4 rings (SSSR count). The first-order valence-corrected chi connectivity index (χ1v) is 11.0. The molecule has 0 radical (unpaired) electrons. The van der Waals surface area contributed by atoms with E-state index < -0.39 is 0 Å². The number of halogens is 1. The third kappa shape index (κ3) is 3.99. The maximum absolute atomic E-state index is 14.8. The Kier molecular flexibility index (Phi) is 6.18. The molecule has 3 aromatic rings. The van der Waals surface area contributed by atoms with Crippen molar-refractivity contribution in [3.63, 3.8) is 0 Å². The first kappa shape index (κ1) is 20.6. The highest BCUT2D eigenvalue weighted by atomic mass is 19.1. The van der Waals surface area contributed by atoms with Crippen LogP contribution < -0.4 is 0 Å². The van der Waals surface area contributed by atoms with E-state index in [1.807, 2.05) is 29.3 Å². The van der Waals surface area contributed by atoms with Gasteiger partial charge in [0.15, 0.2) is 0 Å². The number of piperazine rings is 1. The lowest BCUT2D eigenvalue weighted by Gasteiger charge is -2.35. The molecule has 0 aliphatic carbocycles. The average Bonchev–Trinajstić information content (AvgIpc) is 3.22. The Hall–Kier alpha value is -2.66. The molecule has 1 atom stereocenters. The molecule has 1 saturated heterocycles. The number of H-pyrrole nitrogens is 1. The number of aromatic nitrogens is 1. The van der Waals surface area contributed by atoms with Gasteiger partial charge in [-0.3, -0.25) is 4.79 Å². The first-order chi connectivity index (χ1) is 14.6. The summed E-state index contributed by atoms with van der Waals surface area (Å²) in [5.41, 5.74) is 3.89. The quantitative estimate of drug-likeness (QED) is 0.651. The first-order valence-electron chi connectivity index (χ1n) is 11.0. The zero-order valence-corrected chi connectivity index (χ0v) is 17.8. The van der Waals surface area contributed by atoms with Crippen LogP contribution in [0.25, 0.3) is 10.9 Å². The SMILES string of the molecule is CCc1cccc2c([C@H](CC(=O)N3CCN(CC)CC3)c3ccccc3F)c[nH]c12. The molecule has 1 fully saturated rings. The number of likely N-dealkylation sites (N-methyl/N-ethyl adjacent to an activating group) is 1. The van der Waals surface area contributed by atoms with Gasteiger partial charge in [0, 0.05) is 55.6 Å². The summed E-state index contributed by atoms with van der Waals surface area (Å²) in [7, 11) is 0. The second-order valence-electron chi connectivity index (χ2n) is 8.03. The maximum Gasteiger partial charge on any atom is 0.223 e. The van der Waals surface area contributed by atoms with Crippen LogP contribution in [0, 0.1) is 5.82 Å².